The quantitative estimate of drug-likeness (QED) is 0.677. The number of amides is 1. The number of hydrogen-bond acceptors (Lipinski definition) is 4. The Hall–Kier alpha value is -2.86. The Morgan fingerprint density at radius 2 is 1.63 bits per heavy atom. The maximum Gasteiger partial charge on any atom is 0.275 e. The van der Waals surface area contributed by atoms with Gasteiger partial charge in [0.15, 0.2) is 5.82 Å². The van der Waals surface area contributed by atoms with Crippen molar-refractivity contribution in [3.8, 4) is 0 Å². The van der Waals surface area contributed by atoms with Crippen molar-refractivity contribution in [3.63, 3.8) is 0 Å². The first-order chi connectivity index (χ1) is 14.6. The monoisotopic (exact) mass is 424 g/mol. The van der Waals surface area contributed by atoms with Crippen LogP contribution < -0.4 is 15.8 Å². The molecule has 30 heavy (non-hydrogen) atoms. The van der Waals surface area contributed by atoms with Gasteiger partial charge in [-0.3, -0.25) is 9.59 Å². The van der Waals surface area contributed by atoms with E-state index in [4.69, 9.17) is 11.6 Å². The van der Waals surface area contributed by atoms with Gasteiger partial charge < -0.3 is 10.2 Å². The van der Waals surface area contributed by atoms with E-state index in [-0.39, 0.29) is 18.0 Å². The number of nitrogens with one attached hydrogen (secondary N) is 1. The molecule has 1 N–H and O–H groups in total. The van der Waals surface area contributed by atoms with Gasteiger partial charge in [-0.25, -0.2) is 4.68 Å². The largest absolute Gasteiger partial charge is 0.355 e. The number of nitrogens with zero attached hydrogens (tertiary/aromatic N) is 3. The van der Waals surface area contributed by atoms with Crippen LogP contribution in [0.1, 0.15) is 31.2 Å². The van der Waals surface area contributed by atoms with Crippen LogP contribution in [0.5, 0.6) is 0 Å². The molecule has 2 heterocycles. The average molecular weight is 425 g/mol. The van der Waals surface area contributed by atoms with E-state index >= 15 is 0 Å². The van der Waals surface area contributed by atoms with Crippen LogP contribution >= 0.6 is 11.6 Å². The highest BCUT2D eigenvalue weighted by Gasteiger charge is 2.18. The lowest BCUT2D eigenvalue weighted by atomic mass is 10.1. The summed E-state index contributed by atoms with van der Waals surface area (Å²) in [4.78, 5) is 27.7. The number of hydrogen-bond donors (Lipinski definition) is 1. The van der Waals surface area contributed by atoms with Gasteiger partial charge in [-0.15, -0.1) is 0 Å². The number of carbonyl (C=O) groups is 1. The summed E-state index contributed by atoms with van der Waals surface area (Å²) in [6.45, 7) is 2.09. The standard InChI is InChI=1S/C23H25ClN4O2/c24-18-11-9-17(10-12-18)15-25-21(29)16-28-23(30)20-8-4-3-7-19(20)22(26-28)27-13-5-1-2-6-14-27/h3-4,7-12H,1-2,5-6,13-16H2,(H,25,29). The second kappa shape index (κ2) is 9.30. The molecule has 1 fully saturated rings. The van der Waals surface area contributed by atoms with Gasteiger partial charge in [0.2, 0.25) is 5.91 Å². The summed E-state index contributed by atoms with van der Waals surface area (Å²) in [5, 5.41) is 9.57. The molecule has 1 aliphatic rings. The molecule has 0 saturated carbocycles. The van der Waals surface area contributed by atoms with Crippen LogP contribution in [0.15, 0.2) is 53.3 Å². The van der Waals surface area contributed by atoms with E-state index in [1.807, 2.05) is 36.4 Å². The Bertz CT molecular complexity index is 1090. The molecule has 1 amide bonds. The maximum absolute atomic E-state index is 13.0. The van der Waals surface area contributed by atoms with Crippen molar-refractivity contribution in [2.75, 3.05) is 18.0 Å². The van der Waals surface area contributed by atoms with Gasteiger partial charge in [0.25, 0.3) is 5.56 Å². The molecule has 1 aliphatic heterocycles. The molecule has 2 aromatic carbocycles. The average Bonchev–Trinajstić information content (AvgIpc) is 3.05. The van der Waals surface area contributed by atoms with E-state index in [1.165, 1.54) is 17.5 Å². The Morgan fingerprint density at radius 1 is 0.967 bits per heavy atom. The smallest absolute Gasteiger partial charge is 0.275 e. The third-order valence-corrected chi connectivity index (χ3v) is 5.70. The zero-order chi connectivity index (χ0) is 20.9. The number of fused-ring (bicyclic) bond motifs is 1. The summed E-state index contributed by atoms with van der Waals surface area (Å²) in [6, 6.07) is 14.8. The Labute approximate surface area is 180 Å². The molecule has 0 atom stereocenters. The molecule has 4 rings (SSSR count). The normalized spacial score (nSPS) is 14.5. The van der Waals surface area contributed by atoms with Crippen molar-refractivity contribution in [3.05, 3.63) is 69.5 Å². The van der Waals surface area contributed by atoms with E-state index in [0.29, 0.717) is 17.0 Å². The summed E-state index contributed by atoms with van der Waals surface area (Å²) in [6.07, 6.45) is 4.63. The molecular weight excluding hydrogens is 400 g/mol. The summed E-state index contributed by atoms with van der Waals surface area (Å²) >= 11 is 5.90. The summed E-state index contributed by atoms with van der Waals surface area (Å²) < 4.78 is 1.29. The second-order valence-electron chi connectivity index (χ2n) is 7.64. The molecule has 0 bridgehead atoms. The van der Waals surface area contributed by atoms with E-state index in [0.717, 1.165) is 42.7 Å². The predicted molar refractivity (Wildman–Crippen MR) is 120 cm³/mol. The minimum atomic E-state index is -0.253. The molecule has 156 valence electrons. The van der Waals surface area contributed by atoms with Crippen molar-refractivity contribution in [1.82, 2.24) is 15.1 Å². The first kappa shape index (κ1) is 20.4. The number of carbonyl (C=O) groups excluding carboxylic acids is 1. The fourth-order valence-corrected chi connectivity index (χ4v) is 3.96. The fourth-order valence-electron chi connectivity index (χ4n) is 3.84. The van der Waals surface area contributed by atoms with Crippen molar-refractivity contribution in [2.24, 2.45) is 0 Å². The molecule has 3 aromatic rings. The second-order valence-corrected chi connectivity index (χ2v) is 8.07. The molecule has 0 aliphatic carbocycles. The number of anilines is 1. The zero-order valence-corrected chi connectivity index (χ0v) is 17.6. The van der Waals surface area contributed by atoms with Crippen LogP contribution in [0.4, 0.5) is 5.82 Å². The number of rotatable bonds is 5. The van der Waals surface area contributed by atoms with E-state index in [2.05, 4.69) is 15.3 Å². The van der Waals surface area contributed by atoms with Gasteiger partial charge in [0.1, 0.15) is 6.54 Å². The third-order valence-electron chi connectivity index (χ3n) is 5.45. The molecular formula is C23H25ClN4O2. The highest BCUT2D eigenvalue weighted by Crippen LogP contribution is 2.24. The molecule has 1 saturated heterocycles. The summed E-state index contributed by atoms with van der Waals surface area (Å²) in [5.41, 5.74) is 0.697. The summed E-state index contributed by atoms with van der Waals surface area (Å²) in [7, 11) is 0. The summed E-state index contributed by atoms with van der Waals surface area (Å²) in [5.74, 6) is 0.536. The van der Waals surface area contributed by atoms with E-state index < -0.39 is 0 Å². The van der Waals surface area contributed by atoms with Crippen molar-refractivity contribution >= 4 is 34.1 Å². The van der Waals surface area contributed by atoms with E-state index in [1.54, 1.807) is 12.1 Å². The highest BCUT2D eigenvalue weighted by molar-refractivity contribution is 6.30. The van der Waals surface area contributed by atoms with Crippen LogP contribution in [-0.2, 0) is 17.9 Å². The number of aromatic nitrogens is 2. The SMILES string of the molecule is O=C(Cn1nc(N2CCCCCC2)c2ccccc2c1=O)NCc1ccc(Cl)cc1. The fraction of sp³-hybridized carbons (Fsp3) is 0.348. The van der Waals surface area contributed by atoms with Crippen LogP contribution in [0, 0.1) is 0 Å². The topological polar surface area (TPSA) is 67.2 Å². The highest BCUT2D eigenvalue weighted by atomic mass is 35.5. The van der Waals surface area contributed by atoms with Gasteiger partial charge in [0, 0.05) is 30.0 Å². The lowest BCUT2D eigenvalue weighted by molar-refractivity contribution is -0.122. The van der Waals surface area contributed by atoms with Crippen molar-refractivity contribution in [1.29, 1.82) is 0 Å². The number of benzene rings is 2. The van der Waals surface area contributed by atoms with Crippen molar-refractivity contribution in [2.45, 2.75) is 38.8 Å². The molecule has 6 nitrogen and oxygen atoms in total. The lowest BCUT2D eigenvalue weighted by Gasteiger charge is -2.23. The van der Waals surface area contributed by atoms with Crippen LogP contribution in [0.25, 0.3) is 10.8 Å². The molecule has 7 heteroatoms. The van der Waals surface area contributed by atoms with Gasteiger partial charge in [0.05, 0.1) is 5.39 Å². The van der Waals surface area contributed by atoms with Gasteiger partial charge in [-0.1, -0.05) is 54.8 Å². The predicted octanol–water partition coefficient (Wildman–Crippen LogP) is 3.75. The van der Waals surface area contributed by atoms with Crippen molar-refractivity contribution < 1.29 is 4.79 Å². The third kappa shape index (κ3) is 4.65. The Kier molecular flexibility index (Phi) is 6.33. The molecule has 0 radical (unpaired) electrons. The van der Waals surface area contributed by atoms with Gasteiger partial charge in [-0.05, 0) is 36.6 Å². The van der Waals surface area contributed by atoms with Crippen LogP contribution in [-0.4, -0.2) is 28.8 Å². The molecule has 0 unspecified atom stereocenters. The minimum Gasteiger partial charge on any atom is -0.355 e. The minimum absolute atomic E-state index is 0.113. The molecule has 1 aromatic heterocycles. The molecule has 0 spiro atoms. The first-order valence-corrected chi connectivity index (χ1v) is 10.8. The Balaban J connectivity index is 1.58. The zero-order valence-electron chi connectivity index (χ0n) is 16.8. The number of halogens is 1. The van der Waals surface area contributed by atoms with E-state index in [9.17, 15) is 9.59 Å². The van der Waals surface area contributed by atoms with Crippen LogP contribution in [0.3, 0.4) is 0 Å². The lowest BCUT2D eigenvalue weighted by Crippen LogP contribution is -2.35. The first-order valence-electron chi connectivity index (χ1n) is 10.4. The van der Waals surface area contributed by atoms with Gasteiger partial charge in [-0.2, -0.15) is 5.10 Å². The van der Waals surface area contributed by atoms with Crippen LogP contribution in [0.2, 0.25) is 5.02 Å². The van der Waals surface area contributed by atoms with Gasteiger partial charge >= 0.3 is 0 Å². The Morgan fingerprint density at radius 3 is 2.33 bits per heavy atom. The maximum atomic E-state index is 13.0.